The lowest BCUT2D eigenvalue weighted by Gasteiger charge is -2.29. The number of halogens is 3. The second-order valence-corrected chi connectivity index (χ2v) is 9.38. The molecule has 2 aromatic carbocycles. The smallest absolute Gasteiger partial charge is 0.383 e. The number of rotatable bonds is 4. The van der Waals surface area contributed by atoms with E-state index in [1.807, 2.05) is 10.6 Å². The second-order valence-electron chi connectivity index (χ2n) is 9.38. The van der Waals surface area contributed by atoms with Crippen LogP contribution in [0.3, 0.4) is 0 Å². The number of hydrogen-bond acceptors (Lipinski definition) is 7. The number of morpholine rings is 1. The maximum Gasteiger partial charge on any atom is 0.416 e. The number of anilines is 3. The fourth-order valence-corrected chi connectivity index (χ4v) is 5.13. The van der Waals surface area contributed by atoms with Crippen molar-refractivity contribution in [3.05, 3.63) is 65.6 Å². The summed E-state index contributed by atoms with van der Waals surface area (Å²) in [7, 11) is 0. The molecule has 6 rings (SSSR count). The lowest BCUT2D eigenvalue weighted by Crippen LogP contribution is -2.36. The number of nitrogen functional groups attached to an aromatic ring is 1. The average molecular weight is 539 g/mol. The normalized spacial score (nSPS) is 15.8. The molecule has 3 N–H and O–H groups in total. The minimum atomic E-state index is -4.60. The van der Waals surface area contributed by atoms with E-state index in [0.717, 1.165) is 29.0 Å². The Morgan fingerprint density at radius 3 is 2.59 bits per heavy atom. The van der Waals surface area contributed by atoms with Crippen molar-refractivity contribution in [3.8, 4) is 11.1 Å². The van der Waals surface area contributed by atoms with E-state index in [0.29, 0.717) is 74.3 Å². The standard InChI is InChI=1S/C27H25F3N6O3/c28-27(29,30)18-10-17(12-20(13-18)35-4-7-38-8-5-35)26(37)34-19-3-1-2-16(11-19)22-21-14-39-9-6-36(21)25-23(22)24(31)32-15-33-25/h1-3,10-13,15H,4-9,14H2,(H,34,37)(H2,31,32,33). The Morgan fingerprint density at radius 2 is 1.79 bits per heavy atom. The van der Waals surface area contributed by atoms with Gasteiger partial charge in [-0.3, -0.25) is 4.79 Å². The monoisotopic (exact) mass is 538 g/mol. The zero-order valence-corrected chi connectivity index (χ0v) is 20.8. The quantitative estimate of drug-likeness (QED) is 0.399. The van der Waals surface area contributed by atoms with Crippen LogP contribution in [0.25, 0.3) is 22.2 Å². The number of amides is 1. The van der Waals surface area contributed by atoms with Crippen LogP contribution >= 0.6 is 0 Å². The van der Waals surface area contributed by atoms with Gasteiger partial charge in [0.2, 0.25) is 0 Å². The number of alkyl halides is 3. The van der Waals surface area contributed by atoms with Gasteiger partial charge in [0.25, 0.3) is 5.91 Å². The van der Waals surface area contributed by atoms with Gasteiger partial charge in [0.05, 0.1) is 43.1 Å². The Balaban J connectivity index is 1.36. The van der Waals surface area contributed by atoms with E-state index >= 15 is 0 Å². The van der Waals surface area contributed by atoms with Gasteiger partial charge >= 0.3 is 6.18 Å². The van der Waals surface area contributed by atoms with Gasteiger partial charge in [-0.15, -0.1) is 0 Å². The van der Waals surface area contributed by atoms with E-state index in [1.54, 1.807) is 23.1 Å². The molecule has 9 nitrogen and oxygen atoms in total. The predicted octanol–water partition coefficient (Wildman–Crippen LogP) is 4.32. The summed E-state index contributed by atoms with van der Waals surface area (Å²) in [5, 5.41) is 3.45. The van der Waals surface area contributed by atoms with Crippen LogP contribution in [-0.4, -0.2) is 53.4 Å². The molecule has 12 heteroatoms. The first-order chi connectivity index (χ1) is 18.8. The highest BCUT2D eigenvalue weighted by atomic mass is 19.4. The number of hydrogen-bond donors (Lipinski definition) is 2. The molecule has 0 unspecified atom stereocenters. The lowest BCUT2D eigenvalue weighted by atomic mass is 10.0. The third-order valence-corrected chi connectivity index (χ3v) is 6.97. The van der Waals surface area contributed by atoms with Crippen molar-refractivity contribution in [2.24, 2.45) is 0 Å². The van der Waals surface area contributed by atoms with Crippen molar-refractivity contribution in [1.82, 2.24) is 14.5 Å². The summed E-state index contributed by atoms with van der Waals surface area (Å²) in [6.07, 6.45) is -3.18. The Kier molecular flexibility index (Phi) is 6.35. The molecule has 1 saturated heterocycles. The van der Waals surface area contributed by atoms with E-state index < -0.39 is 17.6 Å². The number of benzene rings is 2. The summed E-state index contributed by atoms with van der Waals surface area (Å²) >= 11 is 0. The van der Waals surface area contributed by atoms with E-state index in [9.17, 15) is 18.0 Å². The first-order valence-corrected chi connectivity index (χ1v) is 12.5. The molecule has 0 atom stereocenters. The molecule has 39 heavy (non-hydrogen) atoms. The summed E-state index contributed by atoms with van der Waals surface area (Å²) in [6, 6.07) is 10.5. The van der Waals surface area contributed by atoms with Crippen LogP contribution in [0.5, 0.6) is 0 Å². The number of fused-ring (bicyclic) bond motifs is 3. The summed E-state index contributed by atoms with van der Waals surface area (Å²) in [5.41, 5.74) is 9.16. The zero-order chi connectivity index (χ0) is 27.1. The van der Waals surface area contributed by atoms with E-state index in [4.69, 9.17) is 15.2 Å². The number of aromatic nitrogens is 3. The number of nitrogens with two attached hydrogens (primary N) is 1. The predicted molar refractivity (Wildman–Crippen MR) is 139 cm³/mol. The molecule has 0 saturated carbocycles. The van der Waals surface area contributed by atoms with E-state index in [-0.39, 0.29) is 5.56 Å². The molecule has 4 heterocycles. The molecule has 2 aliphatic heterocycles. The van der Waals surface area contributed by atoms with Gasteiger partial charge < -0.3 is 30.0 Å². The van der Waals surface area contributed by atoms with E-state index in [1.165, 1.54) is 12.4 Å². The zero-order valence-electron chi connectivity index (χ0n) is 20.8. The molecule has 1 fully saturated rings. The summed E-state index contributed by atoms with van der Waals surface area (Å²) in [6.45, 7) is 3.20. The molecule has 1 amide bonds. The third-order valence-electron chi connectivity index (χ3n) is 6.97. The molecular formula is C27H25F3N6O3. The molecule has 2 aromatic heterocycles. The highest BCUT2D eigenvalue weighted by molar-refractivity contribution is 6.06. The van der Waals surface area contributed by atoms with Gasteiger partial charge in [-0.1, -0.05) is 12.1 Å². The molecule has 0 spiro atoms. The Bertz CT molecular complexity index is 1560. The van der Waals surface area contributed by atoms with Gasteiger partial charge in [0, 0.05) is 42.1 Å². The number of ether oxygens (including phenoxy) is 2. The van der Waals surface area contributed by atoms with Crippen molar-refractivity contribution in [2.45, 2.75) is 19.3 Å². The molecule has 0 radical (unpaired) electrons. The van der Waals surface area contributed by atoms with Crippen LogP contribution < -0.4 is 16.0 Å². The van der Waals surface area contributed by atoms with Crippen LogP contribution in [-0.2, 0) is 28.8 Å². The van der Waals surface area contributed by atoms with Gasteiger partial charge in [-0.2, -0.15) is 13.2 Å². The first kappa shape index (κ1) is 25.1. The number of nitrogens with zero attached hydrogens (tertiary/aromatic N) is 4. The lowest BCUT2D eigenvalue weighted by molar-refractivity contribution is -0.137. The Hall–Kier alpha value is -4.16. The molecule has 2 aliphatic rings. The Morgan fingerprint density at radius 1 is 1.00 bits per heavy atom. The number of carbonyl (C=O) groups is 1. The highest BCUT2D eigenvalue weighted by Gasteiger charge is 2.33. The fraction of sp³-hybridized carbons (Fsp3) is 0.296. The van der Waals surface area contributed by atoms with Crippen LogP contribution in [0, 0.1) is 0 Å². The summed E-state index contributed by atoms with van der Waals surface area (Å²) in [5.74, 6) is -0.325. The summed E-state index contributed by atoms with van der Waals surface area (Å²) < 4.78 is 54.2. The van der Waals surface area contributed by atoms with Gasteiger partial charge in [-0.25, -0.2) is 9.97 Å². The first-order valence-electron chi connectivity index (χ1n) is 12.5. The molecule has 0 aliphatic carbocycles. The van der Waals surface area contributed by atoms with Crippen LogP contribution in [0.1, 0.15) is 21.6 Å². The Labute approximate surface area is 221 Å². The fourth-order valence-electron chi connectivity index (χ4n) is 5.13. The second kappa shape index (κ2) is 9.86. The van der Waals surface area contributed by atoms with Crippen molar-refractivity contribution in [1.29, 1.82) is 0 Å². The van der Waals surface area contributed by atoms with Crippen molar-refractivity contribution in [2.75, 3.05) is 48.9 Å². The minimum Gasteiger partial charge on any atom is -0.383 e. The largest absolute Gasteiger partial charge is 0.416 e. The molecule has 202 valence electrons. The summed E-state index contributed by atoms with van der Waals surface area (Å²) in [4.78, 5) is 23.6. The number of carbonyl (C=O) groups excluding carboxylic acids is 1. The molecule has 0 bridgehead atoms. The van der Waals surface area contributed by atoms with E-state index in [2.05, 4.69) is 15.3 Å². The molecular weight excluding hydrogens is 513 g/mol. The van der Waals surface area contributed by atoms with Crippen molar-refractivity contribution in [3.63, 3.8) is 0 Å². The minimum absolute atomic E-state index is 0.0885. The van der Waals surface area contributed by atoms with Crippen LogP contribution in [0.4, 0.5) is 30.4 Å². The van der Waals surface area contributed by atoms with Crippen molar-refractivity contribution >= 4 is 34.1 Å². The SMILES string of the molecule is Nc1ncnc2c1c(-c1cccc(NC(=O)c3cc(N4CCOCC4)cc(C(F)(F)F)c3)c1)c1n2CCOC1. The average Bonchev–Trinajstić information content (AvgIpc) is 3.29. The topological polar surface area (TPSA) is 108 Å². The van der Waals surface area contributed by atoms with Crippen LogP contribution in [0.2, 0.25) is 0 Å². The maximum atomic E-state index is 13.7. The molecule has 4 aromatic rings. The van der Waals surface area contributed by atoms with Gasteiger partial charge in [0.15, 0.2) is 0 Å². The number of nitrogens with one attached hydrogen (secondary N) is 1. The van der Waals surface area contributed by atoms with Gasteiger partial charge in [0.1, 0.15) is 17.8 Å². The van der Waals surface area contributed by atoms with Crippen molar-refractivity contribution < 1.29 is 27.4 Å². The highest BCUT2D eigenvalue weighted by Crippen LogP contribution is 2.39. The maximum absolute atomic E-state index is 13.7. The van der Waals surface area contributed by atoms with Crippen LogP contribution in [0.15, 0.2) is 48.8 Å². The third kappa shape index (κ3) is 4.77. The van der Waals surface area contributed by atoms with Gasteiger partial charge in [-0.05, 0) is 35.9 Å².